The van der Waals surface area contributed by atoms with Gasteiger partial charge in [0.05, 0.1) is 11.5 Å². The molecule has 9 heteroatoms. The molecule has 0 unspecified atom stereocenters. The summed E-state index contributed by atoms with van der Waals surface area (Å²) in [6, 6.07) is 7.17. The van der Waals surface area contributed by atoms with Gasteiger partial charge in [0.25, 0.3) is 11.8 Å². The summed E-state index contributed by atoms with van der Waals surface area (Å²) in [5.41, 5.74) is 8.24. The van der Waals surface area contributed by atoms with Crippen LogP contribution in [0.4, 0.5) is 10.7 Å². The lowest BCUT2D eigenvalue weighted by molar-refractivity contribution is -0.151. The van der Waals surface area contributed by atoms with Crippen LogP contribution in [-0.4, -0.2) is 36.8 Å². The highest BCUT2D eigenvalue weighted by atomic mass is 32.1. The van der Waals surface area contributed by atoms with Gasteiger partial charge in [-0.15, -0.1) is 11.3 Å². The van der Waals surface area contributed by atoms with Gasteiger partial charge in [0, 0.05) is 18.7 Å². The van der Waals surface area contributed by atoms with Gasteiger partial charge in [-0.1, -0.05) is 12.1 Å². The smallest absolute Gasteiger partial charge is 0.311 e. The van der Waals surface area contributed by atoms with Crippen LogP contribution in [0.1, 0.15) is 27.9 Å². The van der Waals surface area contributed by atoms with E-state index >= 15 is 0 Å². The van der Waals surface area contributed by atoms with Crippen LogP contribution in [0.15, 0.2) is 29.6 Å². The maximum absolute atomic E-state index is 12.4. The van der Waals surface area contributed by atoms with Gasteiger partial charge >= 0.3 is 5.97 Å². The van der Waals surface area contributed by atoms with Crippen molar-refractivity contribution in [2.75, 3.05) is 23.4 Å². The highest BCUT2D eigenvalue weighted by Gasteiger charge is 2.37. The molecule has 1 atom stereocenters. The molecule has 0 spiro atoms. The quantitative estimate of drug-likeness (QED) is 0.700. The first-order chi connectivity index (χ1) is 13.8. The zero-order valence-corrected chi connectivity index (χ0v) is 16.9. The summed E-state index contributed by atoms with van der Waals surface area (Å²) in [7, 11) is 0. The van der Waals surface area contributed by atoms with Crippen LogP contribution >= 0.6 is 11.3 Å². The number of esters is 1. The Labute approximate surface area is 171 Å². The SMILES string of the molecule is Cc1cccc(N2C[C@H](C(=O)OCC(=O)Nc3sccc3C(N)=O)CC2=O)c1C. The van der Waals surface area contributed by atoms with Gasteiger partial charge in [0.2, 0.25) is 5.91 Å². The molecule has 1 aromatic heterocycles. The summed E-state index contributed by atoms with van der Waals surface area (Å²) >= 11 is 1.14. The van der Waals surface area contributed by atoms with Crippen LogP contribution in [0.3, 0.4) is 0 Å². The zero-order valence-electron chi connectivity index (χ0n) is 16.1. The van der Waals surface area contributed by atoms with Gasteiger partial charge in [-0.05, 0) is 42.5 Å². The van der Waals surface area contributed by atoms with Crippen LogP contribution in [0.5, 0.6) is 0 Å². The van der Waals surface area contributed by atoms with Crippen LogP contribution in [0.2, 0.25) is 0 Å². The number of nitrogens with two attached hydrogens (primary N) is 1. The van der Waals surface area contributed by atoms with Gasteiger partial charge in [-0.2, -0.15) is 0 Å². The highest BCUT2D eigenvalue weighted by Crippen LogP contribution is 2.30. The second-order valence-corrected chi connectivity index (χ2v) is 7.72. The first-order valence-corrected chi connectivity index (χ1v) is 9.86. The maximum Gasteiger partial charge on any atom is 0.311 e. The Morgan fingerprint density at radius 3 is 2.76 bits per heavy atom. The third kappa shape index (κ3) is 4.45. The van der Waals surface area contributed by atoms with Crippen molar-refractivity contribution in [3.63, 3.8) is 0 Å². The first kappa shape index (κ1) is 20.5. The number of nitrogens with zero attached hydrogens (tertiary/aromatic N) is 1. The Morgan fingerprint density at radius 2 is 2.03 bits per heavy atom. The number of hydrogen-bond donors (Lipinski definition) is 2. The van der Waals surface area contributed by atoms with E-state index < -0.39 is 30.3 Å². The van der Waals surface area contributed by atoms with E-state index in [1.54, 1.807) is 10.3 Å². The summed E-state index contributed by atoms with van der Waals surface area (Å²) in [6.07, 6.45) is 0.0323. The molecule has 3 N–H and O–H groups in total. The van der Waals surface area contributed by atoms with Crippen LogP contribution in [0.25, 0.3) is 0 Å². The molecular formula is C20H21N3O5S. The van der Waals surface area contributed by atoms with Crippen LogP contribution < -0.4 is 16.0 Å². The van der Waals surface area contributed by atoms with Crippen molar-refractivity contribution >= 4 is 45.7 Å². The fraction of sp³-hybridized carbons (Fsp3) is 0.300. The van der Waals surface area contributed by atoms with Crippen molar-refractivity contribution in [1.82, 2.24) is 0 Å². The highest BCUT2D eigenvalue weighted by molar-refractivity contribution is 7.14. The number of rotatable bonds is 6. The van der Waals surface area contributed by atoms with Gasteiger partial charge in [0.15, 0.2) is 6.61 Å². The molecule has 1 fully saturated rings. The minimum Gasteiger partial charge on any atom is -0.455 e. The second-order valence-electron chi connectivity index (χ2n) is 6.81. The van der Waals surface area contributed by atoms with E-state index in [4.69, 9.17) is 10.5 Å². The van der Waals surface area contributed by atoms with E-state index in [-0.39, 0.29) is 24.4 Å². The number of amides is 3. The summed E-state index contributed by atoms with van der Waals surface area (Å²) in [6.45, 7) is 3.59. The van der Waals surface area contributed by atoms with Crippen molar-refractivity contribution in [2.24, 2.45) is 11.7 Å². The summed E-state index contributed by atoms with van der Waals surface area (Å²) < 4.78 is 5.08. The van der Waals surface area contributed by atoms with Crippen LogP contribution in [-0.2, 0) is 19.1 Å². The molecule has 2 aromatic rings. The number of carbonyl (C=O) groups excluding carboxylic acids is 4. The predicted molar refractivity (Wildman–Crippen MR) is 109 cm³/mol. The monoisotopic (exact) mass is 415 g/mol. The van der Waals surface area contributed by atoms with E-state index in [1.165, 1.54) is 6.07 Å². The lowest BCUT2D eigenvalue weighted by Gasteiger charge is -2.20. The average molecular weight is 415 g/mol. The number of thiophene rings is 1. The van der Waals surface area contributed by atoms with Gasteiger partial charge in [-0.25, -0.2) is 0 Å². The lowest BCUT2D eigenvalue weighted by atomic mass is 10.1. The molecule has 0 saturated carbocycles. The van der Waals surface area contributed by atoms with Gasteiger partial charge in [-0.3, -0.25) is 19.2 Å². The Bertz CT molecular complexity index is 984. The maximum atomic E-state index is 12.4. The van der Waals surface area contributed by atoms with E-state index in [9.17, 15) is 19.2 Å². The molecule has 29 heavy (non-hydrogen) atoms. The van der Waals surface area contributed by atoms with Crippen molar-refractivity contribution in [2.45, 2.75) is 20.3 Å². The fourth-order valence-corrected chi connectivity index (χ4v) is 3.95. The molecule has 8 nitrogen and oxygen atoms in total. The number of primary amides is 1. The fourth-order valence-electron chi connectivity index (χ4n) is 3.14. The Hall–Kier alpha value is -3.20. The number of aryl methyl sites for hydroxylation is 1. The lowest BCUT2D eigenvalue weighted by Crippen LogP contribution is -2.28. The number of hydrogen-bond acceptors (Lipinski definition) is 6. The Balaban J connectivity index is 1.57. The molecular weight excluding hydrogens is 394 g/mol. The van der Waals surface area contributed by atoms with E-state index in [0.29, 0.717) is 5.00 Å². The van der Waals surface area contributed by atoms with E-state index in [0.717, 1.165) is 28.2 Å². The topological polar surface area (TPSA) is 119 Å². The third-order valence-corrected chi connectivity index (χ3v) is 5.68. The minimum absolute atomic E-state index is 0.0323. The molecule has 3 rings (SSSR count). The largest absolute Gasteiger partial charge is 0.455 e. The second kappa shape index (κ2) is 8.44. The number of ether oxygens (including phenoxy) is 1. The molecule has 1 aliphatic rings. The average Bonchev–Trinajstić information content (AvgIpc) is 3.29. The van der Waals surface area contributed by atoms with Crippen molar-refractivity contribution in [1.29, 1.82) is 0 Å². The molecule has 0 aliphatic carbocycles. The third-order valence-electron chi connectivity index (χ3n) is 4.85. The minimum atomic E-state index is -0.658. The summed E-state index contributed by atoms with van der Waals surface area (Å²) in [4.78, 5) is 49.6. The first-order valence-electron chi connectivity index (χ1n) is 8.98. The van der Waals surface area contributed by atoms with E-state index in [2.05, 4.69) is 5.32 Å². The van der Waals surface area contributed by atoms with Crippen molar-refractivity contribution < 1.29 is 23.9 Å². The molecule has 3 amide bonds. The number of anilines is 2. The van der Waals surface area contributed by atoms with Gasteiger partial charge in [0.1, 0.15) is 5.00 Å². The standard InChI is InChI=1S/C20H21N3O5S/c1-11-4-3-5-15(12(11)2)23-9-13(8-17(23)25)20(27)28-10-16(24)22-19-14(18(21)26)6-7-29-19/h3-7,13H,8-10H2,1-2H3,(H2,21,26)(H,22,24)/t13-/m1/s1. The van der Waals surface area contributed by atoms with Gasteiger partial charge < -0.3 is 20.7 Å². The van der Waals surface area contributed by atoms with Crippen LogP contribution in [0, 0.1) is 19.8 Å². The Morgan fingerprint density at radius 1 is 1.28 bits per heavy atom. The predicted octanol–water partition coefficient (Wildman–Crippen LogP) is 2.00. The number of benzene rings is 1. The van der Waals surface area contributed by atoms with Crippen molar-refractivity contribution in [3.05, 3.63) is 46.3 Å². The molecule has 152 valence electrons. The molecule has 2 heterocycles. The Kier molecular flexibility index (Phi) is 5.97. The molecule has 0 bridgehead atoms. The van der Waals surface area contributed by atoms with Crippen molar-refractivity contribution in [3.8, 4) is 0 Å². The number of nitrogens with one attached hydrogen (secondary N) is 1. The summed E-state index contributed by atoms with van der Waals surface area (Å²) in [5, 5.41) is 4.42. The summed E-state index contributed by atoms with van der Waals surface area (Å²) in [5.74, 6) is -2.65. The molecule has 1 saturated heterocycles. The molecule has 0 radical (unpaired) electrons. The van der Waals surface area contributed by atoms with E-state index in [1.807, 2.05) is 32.0 Å². The molecule has 1 aliphatic heterocycles. The number of carbonyl (C=O) groups is 4. The normalized spacial score (nSPS) is 16.0. The molecule has 1 aromatic carbocycles. The zero-order chi connectivity index (χ0) is 21.1.